The van der Waals surface area contributed by atoms with Crippen LogP contribution in [0, 0.1) is 13.8 Å². The van der Waals surface area contributed by atoms with Crippen LogP contribution in [0.15, 0.2) is 23.1 Å². The fraction of sp³-hybridized carbons (Fsp3) is 0.500. The molecule has 8 nitrogen and oxygen atoms in total. The normalized spacial score (nSPS) is 19.9. The quantitative estimate of drug-likeness (QED) is 0.819. The third kappa shape index (κ3) is 3.70. The minimum absolute atomic E-state index is 0.149. The predicted octanol–water partition coefficient (Wildman–Crippen LogP) is 1.90. The minimum atomic E-state index is -3.65. The number of rotatable bonds is 4. The molecule has 156 valence electrons. The summed E-state index contributed by atoms with van der Waals surface area (Å²) in [6, 6.07) is 5.70. The summed E-state index contributed by atoms with van der Waals surface area (Å²) in [7, 11) is -1.91. The van der Waals surface area contributed by atoms with E-state index in [1.165, 1.54) is 4.31 Å². The number of amides is 1. The van der Waals surface area contributed by atoms with Gasteiger partial charge in [-0.05, 0) is 56.4 Å². The number of ether oxygens (including phenoxy) is 1. The molecule has 1 saturated heterocycles. The number of fused-ring (bicyclic) bond motifs is 1. The van der Waals surface area contributed by atoms with E-state index in [0.717, 1.165) is 24.0 Å². The zero-order chi connectivity index (χ0) is 20.8. The van der Waals surface area contributed by atoms with Crippen LogP contribution in [-0.4, -0.2) is 47.7 Å². The fourth-order valence-corrected chi connectivity index (χ4v) is 5.90. The fourth-order valence-electron chi connectivity index (χ4n) is 4.08. The number of carbonyl (C=O) groups excluding carboxylic acids is 1. The summed E-state index contributed by atoms with van der Waals surface area (Å²) < 4.78 is 35.1. The van der Waals surface area contributed by atoms with Crippen LogP contribution in [0.5, 0.6) is 0 Å². The van der Waals surface area contributed by atoms with E-state index in [-0.39, 0.29) is 17.3 Å². The highest BCUT2D eigenvalue weighted by molar-refractivity contribution is 7.89. The average molecular weight is 419 g/mol. The summed E-state index contributed by atoms with van der Waals surface area (Å²) in [4.78, 5) is 12.6. The molecule has 1 aromatic heterocycles. The molecule has 1 unspecified atom stereocenters. The van der Waals surface area contributed by atoms with Crippen molar-refractivity contribution in [2.45, 2.75) is 50.7 Å². The molecule has 9 heteroatoms. The molecule has 0 spiro atoms. The van der Waals surface area contributed by atoms with Gasteiger partial charge >= 0.3 is 0 Å². The second-order valence-electron chi connectivity index (χ2n) is 7.69. The number of hydrogen-bond acceptors (Lipinski definition) is 5. The molecular weight excluding hydrogens is 392 g/mol. The molecular formula is C20H26N4O4S. The molecule has 2 aromatic rings. The Morgan fingerprint density at radius 2 is 2.07 bits per heavy atom. The van der Waals surface area contributed by atoms with Crippen LogP contribution >= 0.6 is 0 Å². The molecule has 0 radical (unpaired) electrons. The lowest BCUT2D eigenvalue weighted by Crippen LogP contribution is -2.36. The Morgan fingerprint density at radius 1 is 1.28 bits per heavy atom. The Kier molecular flexibility index (Phi) is 5.22. The van der Waals surface area contributed by atoms with Gasteiger partial charge in [0, 0.05) is 32.4 Å². The van der Waals surface area contributed by atoms with Gasteiger partial charge in [-0.2, -0.15) is 9.40 Å². The average Bonchev–Trinajstić information content (AvgIpc) is 3.30. The third-order valence-corrected chi connectivity index (χ3v) is 7.81. The van der Waals surface area contributed by atoms with Crippen molar-refractivity contribution >= 4 is 21.6 Å². The van der Waals surface area contributed by atoms with Gasteiger partial charge in [-0.15, -0.1) is 0 Å². The van der Waals surface area contributed by atoms with Crippen LogP contribution in [0.3, 0.4) is 0 Å². The number of carbonyl (C=O) groups is 1. The highest BCUT2D eigenvalue weighted by Crippen LogP contribution is 2.29. The van der Waals surface area contributed by atoms with Crippen molar-refractivity contribution < 1.29 is 17.9 Å². The standard InChI is InChI=1S/C20H26N4O4S/c1-13-19(14(2)23(3)22-13)29(26,27)24-9-8-15-6-7-17(11-16(15)12-24)21-20(25)18-5-4-10-28-18/h6-7,11,18H,4-5,8-10,12H2,1-3H3,(H,21,25). The summed E-state index contributed by atoms with van der Waals surface area (Å²) in [5, 5.41) is 7.15. The van der Waals surface area contributed by atoms with Crippen molar-refractivity contribution in [1.82, 2.24) is 14.1 Å². The van der Waals surface area contributed by atoms with E-state index in [2.05, 4.69) is 10.4 Å². The smallest absolute Gasteiger partial charge is 0.253 e. The van der Waals surface area contributed by atoms with Crippen molar-refractivity contribution in [2.24, 2.45) is 7.05 Å². The zero-order valence-electron chi connectivity index (χ0n) is 16.9. The maximum absolute atomic E-state index is 13.3. The number of sulfonamides is 1. The van der Waals surface area contributed by atoms with Gasteiger partial charge in [-0.25, -0.2) is 8.42 Å². The summed E-state index contributed by atoms with van der Waals surface area (Å²) in [5.74, 6) is -0.149. The van der Waals surface area contributed by atoms with Crippen molar-refractivity contribution in [3.8, 4) is 0 Å². The van der Waals surface area contributed by atoms with Crippen LogP contribution in [0.25, 0.3) is 0 Å². The van der Waals surface area contributed by atoms with Gasteiger partial charge in [-0.1, -0.05) is 6.07 Å². The van der Waals surface area contributed by atoms with E-state index in [4.69, 9.17) is 4.74 Å². The zero-order valence-corrected chi connectivity index (χ0v) is 17.8. The van der Waals surface area contributed by atoms with Gasteiger partial charge in [-0.3, -0.25) is 9.48 Å². The first-order valence-electron chi connectivity index (χ1n) is 9.82. The largest absolute Gasteiger partial charge is 0.368 e. The minimum Gasteiger partial charge on any atom is -0.368 e. The first kappa shape index (κ1) is 20.1. The number of aromatic nitrogens is 2. The number of anilines is 1. The molecule has 0 aliphatic carbocycles. The van der Waals surface area contributed by atoms with Crippen molar-refractivity contribution in [2.75, 3.05) is 18.5 Å². The first-order valence-corrected chi connectivity index (χ1v) is 11.3. The molecule has 3 heterocycles. The number of aryl methyl sites for hydroxylation is 2. The molecule has 1 amide bonds. The highest BCUT2D eigenvalue weighted by Gasteiger charge is 2.33. The summed E-state index contributed by atoms with van der Waals surface area (Å²) in [6.07, 6.45) is 1.85. The second kappa shape index (κ2) is 7.55. The van der Waals surface area contributed by atoms with E-state index in [1.54, 1.807) is 25.6 Å². The monoisotopic (exact) mass is 418 g/mol. The van der Waals surface area contributed by atoms with Crippen molar-refractivity contribution in [3.05, 3.63) is 40.7 Å². The van der Waals surface area contributed by atoms with Gasteiger partial charge in [0.1, 0.15) is 11.0 Å². The van der Waals surface area contributed by atoms with Crippen LogP contribution in [0.2, 0.25) is 0 Å². The van der Waals surface area contributed by atoms with Crippen molar-refractivity contribution in [1.29, 1.82) is 0 Å². The van der Waals surface area contributed by atoms with Gasteiger partial charge in [0.2, 0.25) is 10.0 Å². The SMILES string of the molecule is Cc1nn(C)c(C)c1S(=O)(=O)N1CCc2ccc(NC(=O)C3CCCO3)cc2C1. The second-order valence-corrected chi connectivity index (χ2v) is 9.56. The van der Waals surface area contributed by atoms with E-state index in [0.29, 0.717) is 36.6 Å². The maximum Gasteiger partial charge on any atom is 0.253 e. The maximum atomic E-state index is 13.3. The predicted molar refractivity (Wildman–Crippen MR) is 108 cm³/mol. The molecule has 2 aliphatic rings. The number of benzene rings is 1. The van der Waals surface area contributed by atoms with Crippen LogP contribution < -0.4 is 5.32 Å². The van der Waals surface area contributed by atoms with E-state index >= 15 is 0 Å². The molecule has 1 N–H and O–H groups in total. The lowest BCUT2D eigenvalue weighted by Gasteiger charge is -2.28. The van der Waals surface area contributed by atoms with Crippen LogP contribution in [-0.2, 0) is 39.6 Å². The third-order valence-electron chi connectivity index (χ3n) is 5.71. The van der Waals surface area contributed by atoms with Gasteiger partial charge in [0.05, 0.1) is 11.4 Å². The Labute approximate surface area is 170 Å². The number of nitrogens with one attached hydrogen (secondary N) is 1. The molecule has 2 aliphatic heterocycles. The lowest BCUT2D eigenvalue weighted by atomic mass is 10.0. The van der Waals surface area contributed by atoms with E-state index in [1.807, 2.05) is 18.2 Å². The highest BCUT2D eigenvalue weighted by atomic mass is 32.2. The lowest BCUT2D eigenvalue weighted by molar-refractivity contribution is -0.124. The molecule has 1 fully saturated rings. The molecule has 4 rings (SSSR count). The molecule has 1 atom stereocenters. The summed E-state index contributed by atoms with van der Waals surface area (Å²) in [5.41, 5.74) is 3.81. The van der Waals surface area contributed by atoms with Crippen LogP contribution in [0.1, 0.15) is 35.4 Å². The van der Waals surface area contributed by atoms with Crippen molar-refractivity contribution in [3.63, 3.8) is 0 Å². The Hall–Kier alpha value is -2.23. The topological polar surface area (TPSA) is 93.5 Å². The van der Waals surface area contributed by atoms with E-state index in [9.17, 15) is 13.2 Å². The molecule has 0 saturated carbocycles. The number of hydrogen-bond donors (Lipinski definition) is 1. The number of nitrogens with zero attached hydrogens (tertiary/aromatic N) is 3. The van der Waals surface area contributed by atoms with Gasteiger partial charge in [0.25, 0.3) is 5.91 Å². The Balaban J connectivity index is 1.56. The molecule has 29 heavy (non-hydrogen) atoms. The Bertz CT molecular complexity index is 1050. The molecule has 0 bridgehead atoms. The summed E-state index contributed by atoms with van der Waals surface area (Å²) in [6.45, 7) is 4.79. The summed E-state index contributed by atoms with van der Waals surface area (Å²) >= 11 is 0. The van der Waals surface area contributed by atoms with Crippen LogP contribution in [0.4, 0.5) is 5.69 Å². The molecule has 1 aromatic carbocycles. The Morgan fingerprint density at radius 3 is 2.72 bits per heavy atom. The first-order chi connectivity index (χ1) is 13.8. The van der Waals surface area contributed by atoms with Gasteiger partial charge < -0.3 is 10.1 Å². The van der Waals surface area contributed by atoms with E-state index < -0.39 is 16.1 Å². The van der Waals surface area contributed by atoms with Gasteiger partial charge in [0.15, 0.2) is 0 Å².